The maximum atomic E-state index is 10.8. The Bertz CT molecular complexity index is 167. The zero-order chi connectivity index (χ0) is 6.85. The van der Waals surface area contributed by atoms with Gasteiger partial charge in [-0.2, -0.15) is 0 Å². The van der Waals surface area contributed by atoms with Crippen molar-refractivity contribution in [3.8, 4) is 0 Å². The van der Waals surface area contributed by atoms with Gasteiger partial charge in [-0.1, -0.05) is 12.7 Å². The first-order valence-electron chi connectivity index (χ1n) is 3.10. The third-order valence-corrected chi connectivity index (χ3v) is 1.77. The maximum absolute atomic E-state index is 10.8. The number of hydrogen-bond donors (Lipinski definition) is 0. The maximum Gasteiger partial charge on any atom is 0.158 e. The van der Waals surface area contributed by atoms with Crippen LogP contribution in [0, 0.1) is 5.92 Å². The summed E-state index contributed by atoms with van der Waals surface area (Å²) in [6.45, 7) is 7.28. The molecule has 1 aliphatic rings. The molecule has 48 valence electrons. The summed E-state index contributed by atoms with van der Waals surface area (Å²) < 4.78 is 0. The van der Waals surface area contributed by atoms with E-state index in [4.69, 9.17) is 0 Å². The molecule has 1 nitrogen and oxygen atoms in total. The minimum absolute atomic E-state index is 0.208. The molecule has 1 unspecified atom stereocenters. The summed E-state index contributed by atoms with van der Waals surface area (Å²) in [6, 6.07) is 0. The first-order chi connectivity index (χ1) is 4.25. The molecular formula is C8H10O. The number of rotatable bonds is 1. The van der Waals surface area contributed by atoms with Gasteiger partial charge in [-0.25, -0.2) is 0 Å². The molecule has 1 aliphatic carbocycles. The van der Waals surface area contributed by atoms with Gasteiger partial charge in [-0.3, -0.25) is 4.79 Å². The second-order valence-electron chi connectivity index (χ2n) is 2.33. The predicted octanol–water partition coefficient (Wildman–Crippen LogP) is 1.71. The van der Waals surface area contributed by atoms with Crippen LogP contribution >= 0.6 is 0 Å². The molecule has 0 amide bonds. The van der Waals surface area contributed by atoms with E-state index in [1.54, 1.807) is 6.08 Å². The number of Topliss-reactive ketones (excluding diaryl/α,β-unsaturated/α-hetero) is 1. The Hall–Kier alpha value is -0.850. The van der Waals surface area contributed by atoms with Crippen molar-refractivity contribution in [1.29, 1.82) is 0 Å². The fourth-order valence-electron chi connectivity index (χ4n) is 1.09. The Morgan fingerprint density at radius 3 is 2.56 bits per heavy atom. The first kappa shape index (κ1) is 6.27. The normalized spacial score (nSPS) is 26.9. The Balaban J connectivity index is 2.73. The second kappa shape index (κ2) is 2.18. The number of hydrogen-bond acceptors (Lipinski definition) is 1. The molecule has 0 saturated heterocycles. The molecule has 1 rings (SSSR count). The lowest BCUT2D eigenvalue weighted by Gasteiger charge is -1.98. The van der Waals surface area contributed by atoms with Crippen molar-refractivity contribution in [3.63, 3.8) is 0 Å². The van der Waals surface area contributed by atoms with Crippen LogP contribution in [-0.2, 0) is 4.79 Å². The van der Waals surface area contributed by atoms with Crippen LogP contribution in [0.3, 0.4) is 0 Å². The Labute approximate surface area is 55.1 Å². The molecule has 1 heteroatoms. The van der Waals surface area contributed by atoms with Gasteiger partial charge in [0, 0.05) is 12.3 Å². The van der Waals surface area contributed by atoms with Gasteiger partial charge in [0.15, 0.2) is 5.78 Å². The van der Waals surface area contributed by atoms with Crippen LogP contribution in [0.4, 0.5) is 0 Å². The van der Waals surface area contributed by atoms with Gasteiger partial charge in [-0.15, -0.1) is 6.58 Å². The van der Waals surface area contributed by atoms with Gasteiger partial charge in [0.05, 0.1) is 0 Å². The van der Waals surface area contributed by atoms with E-state index in [1.807, 2.05) is 0 Å². The third kappa shape index (κ3) is 0.947. The van der Waals surface area contributed by atoms with Crippen LogP contribution in [0.2, 0.25) is 0 Å². The van der Waals surface area contributed by atoms with Gasteiger partial charge in [0.1, 0.15) is 0 Å². The molecule has 1 saturated carbocycles. The highest BCUT2D eigenvalue weighted by Gasteiger charge is 2.23. The predicted molar refractivity (Wildman–Crippen MR) is 37.1 cm³/mol. The van der Waals surface area contributed by atoms with E-state index < -0.39 is 0 Å². The number of carbonyl (C=O) groups excluding carboxylic acids is 1. The molecule has 0 heterocycles. The van der Waals surface area contributed by atoms with Crippen LogP contribution in [0.15, 0.2) is 24.8 Å². The molecule has 0 aromatic carbocycles. The fourth-order valence-corrected chi connectivity index (χ4v) is 1.09. The molecule has 0 aliphatic heterocycles. The Morgan fingerprint density at radius 2 is 2.33 bits per heavy atom. The number of allylic oxidation sites excluding steroid dienone is 2. The van der Waals surface area contributed by atoms with Crippen LogP contribution < -0.4 is 0 Å². The third-order valence-electron chi connectivity index (χ3n) is 1.77. The molecule has 0 aromatic rings. The second-order valence-corrected chi connectivity index (χ2v) is 2.33. The molecule has 9 heavy (non-hydrogen) atoms. The minimum atomic E-state index is 0.208. The topological polar surface area (TPSA) is 17.1 Å². The lowest BCUT2D eigenvalue weighted by atomic mass is 10.1. The zero-order valence-electron chi connectivity index (χ0n) is 5.39. The minimum Gasteiger partial charge on any atom is -0.295 e. The van der Waals surface area contributed by atoms with Gasteiger partial charge in [0.2, 0.25) is 0 Å². The van der Waals surface area contributed by atoms with Gasteiger partial charge >= 0.3 is 0 Å². The summed E-state index contributed by atoms with van der Waals surface area (Å²) in [5.41, 5.74) is 0.741. The average Bonchev–Trinajstić information content (AvgIpc) is 2.15. The van der Waals surface area contributed by atoms with Gasteiger partial charge < -0.3 is 0 Å². The summed E-state index contributed by atoms with van der Waals surface area (Å²) in [6.07, 6.45) is 3.38. The van der Waals surface area contributed by atoms with E-state index >= 15 is 0 Å². The van der Waals surface area contributed by atoms with Gasteiger partial charge in [0.25, 0.3) is 0 Å². The van der Waals surface area contributed by atoms with E-state index in [0.29, 0.717) is 6.42 Å². The monoisotopic (exact) mass is 122 g/mol. The Morgan fingerprint density at radius 1 is 1.67 bits per heavy atom. The molecule has 0 N–H and O–H groups in total. The largest absolute Gasteiger partial charge is 0.295 e. The SMILES string of the molecule is C=CC1CCC(=O)C1=C. The smallest absolute Gasteiger partial charge is 0.158 e. The van der Waals surface area contributed by atoms with Crippen LogP contribution in [-0.4, -0.2) is 5.78 Å². The van der Waals surface area contributed by atoms with E-state index in [0.717, 1.165) is 12.0 Å². The van der Waals surface area contributed by atoms with Gasteiger partial charge in [-0.05, 0) is 12.0 Å². The Kier molecular flexibility index (Phi) is 1.52. The van der Waals surface area contributed by atoms with Crippen LogP contribution in [0.1, 0.15) is 12.8 Å². The van der Waals surface area contributed by atoms with E-state index in [9.17, 15) is 4.79 Å². The lowest BCUT2D eigenvalue weighted by molar-refractivity contribution is -0.114. The van der Waals surface area contributed by atoms with Crippen molar-refractivity contribution in [1.82, 2.24) is 0 Å². The lowest BCUT2D eigenvalue weighted by Crippen LogP contribution is -1.94. The molecule has 0 aromatic heterocycles. The summed E-state index contributed by atoms with van der Waals surface area (Å²) in [5.74, 6) is 0.470. The number of carbonyl (C=O) groups is 1. The standard InChI is InChI=1S/C8H10O/c1-3-7-4-5-8(9)6(7)2/h3,7H,1-2,4-5H2. The van der Waals surface area contributed by atoms with Crippen LogP contribution in [0.25, 0.3) is 0 Å². The molecule has 0 radical (unpaired) electrons. The fraction of sp³-hybridized carbons (Fsp3) is 0.375. The zero-order valence-corrected chi connectivity index (χ0v) is 5.39. The van der Waals surface area contributed by atoms with E-state index in [-0.39, 0.29) is 11.7 Å². The number of ketones is 1. The highest BCUT2D eigenvalue weighted by Crippen LogP contribution is 2.26. The summed E-state index contributed by atoms with van der Waals surface area (Å²) in [5, 5.41) is 0. The summed E-state index contributed by atoms with van der Waals surface area (Å²) in [4.78, 5) is 10.8. The van der Waals surface area contributed by atoms with Crippen molar-refractivity contribution >= 4 is 5.78 Å². The van der Waals surface area contributed by atoms with Crippen molar-refractivity contribution in [2.45, 2.75) is 12.8 Å². The average molecular weight is 122 g/mol. The first-order valence-corrected chi connectivity index (χ1v) is 3.10. The molecule has 1 fully saturated rings. The summed E-state index contributed by atoms with van der Waals surface area (Å²) >= 11 is 0. The highest BCUT2D eigenvalue weighted by atomic mass is 16.1. The molecule has 1 atom stereocenters. The van der Waals surface area contributed by atoms with Crippen molar-refractivity contribution in [2.75, 3.05) is 0 Å². The summed E-state index contributed by atoms with van der Waals surface area (Å²) in [7, 11) is 0. The molecular weight excluding hydrogens is 112 g/mol. The van der Waals surface area contributed by atoms with Crippen LogP contribution in [0.5, 0.6) is 0 Å². The molecule has 0 spiro atoms. The van der Waals surface area contributed by atoms with E-state index in [1.165, 1.54) is 0 Å². The van der Waals surface area contributed by atoms with Crippen molar-refractivity contribution in [3.05, 3.63) is 24.8 Å². The highest BCUT2D eigenvalue weighted by molar-refractivity contribution is 5.97. The van der Waals surface area contributed by atoms with Crippen molar-refractivity contribution < 1.29 is 4.79 Å². The van der Waals surface area contributed by atoms with E-state index in [2.05, 4.69) is 13.2 Å². The molecule has 0 bridgehead atoms. The quantitative estimate of drug-likeness (QED) is 0.382. The van der Waals surface area contributed by atoms with Crippen molar-refractivity contribution in [2.24, 2.45) is 5.92 Å².